The first kappa shape index (κ1) is 18.2. The minimum absolute atomic E-state index is 0.216. The normalized spacial score (nSPS) is 14.8. The van der Waals surface area contributed by atoms with E-state index in [1.54, 1.807) is 25.1 Å². The fourth-order valence-corrected chi connectivity index (χ4v) is 3.11. The third kappa shape index (κ3) is 4.32. The SMILES string of the molecule is COc1ccc(OC)c(CCNC(=O)c2cn(C3CCNCC3)nn2)c1. The highest BCUT2D eigenvalue weighted by atomic mass is 16.5. The number of benzene rings is 1. The van der Waals surface area contributed by atoms with E-state index in [1.807, 2.05) is 18.2 Å². The van der Waals surface area contributed by atoms with E-state index in [9.17, 15) is 4.79 Å². The Kier molecular flexibility index (Phi) is 6.06. The van der Waals surface area contributed by atoms with E-state index in [4.69, 9.17) is 9.47 Å². The summed E-state index contributed by atoms with van der Waals surface area (Å²) in [6.45, 7) is 2.41. The summed E-state index contributed by atoms with van der Waals surface area (Å²) >= 11 is 0. The molecule has 1 amide bonds. The zero-order chi connectivity index (χ0) is 18.4. The van der Waals surface area contributed by atoms with Crippen molar-refractivity contribution in [2.75, 3.05) is 33.9 Å². The summed E-state index contributed by atoms with van der Waals surface area (Å²) in [5, 5.41) is 14.3. The van der Waals surface area contributed by atoms with Crippen LogP contribution in [0.15, 0.2) is 24.4 Å². The Morgan fingerprint density at radius 2 is 2.12 bits per heavy atom. The number of ether oxygens (including phenoxy) is 2. The van der Waals surface area contributed by atoms with Crippen molar-refractivity contribution in [1.29, 1.82) is 0 Å². The van der Waals surface area contributed by atoms with Gasteiger partial charge in [0.1, 0.15) is 11.5 Å². The van der Waals surface area contributed by atoms with Crippen molar-refractivity contribution in [1.82, 2.24) is 25.6 Å². The standard InChI is InChI=1S/C18H25N5O3/c1-25-15-3-4-17(26-2)13(11-15)5-10-20-18(24)16-12-23(22-21-16)14-6-8-19-9-7-14/h3-4,11-12,14,19H,5-10H2,1-2H3,(H,20,24). The minimum Gasteiger partial charge on any atom is -0.497 e. The van der Waals surface area contributed by atoms with Gasteiger partial charge in [-0.1, -0.05) is 5.21 Å². The first-order valence-corrected chi connectivity index (χ1v) is 8.83. The second-order valence-corrected chi connectivity index (χ2v) is 6.25. The summed E-state index contributed by atoms with van der Waals surface area (Å²) in [5.41, 5.74) is 1.33. The molecule has 2 aromatic rings. The molecule has 8 heteroatoms. The highest BCUT2D eigenvalue weighted by Crippen LogP contribution is 2.24. The molecule has 1 fully saturated rings. The molecular weight excluding hydrogens is 334 g/mol. The highest BCUT2D eigenvalue weighted by molar-refractivity contribution is 5.91. The molecule has 140 valence electrons. The van der Waals surface area contributed by atoms with Crippen molar-refractivity contribution >= 4 is 5.91 Å². The van der Waals surface area contributed by atoms with Gasteiger partial charge in [-0.15, -0.1) is 5.10 Å². The number of piperidine rings is 1. The third-order valence-electron chi connectivity index (χ3n) is 4.59. The monoisotopic (exact) mass is 359 g/mol. The second-order valence-electron chi connectivity index (χ2n) is 6.25. The molecule has 0 spiro atoms. The largest absolute Gasteiger partial charge is 0.497 e. The van der Waals surface area contributed by atoms with E-state index in [0.29, 0.717) is 24.7 Å². The van der Waals surface area contributed by atoms with Gasteiger partial charge in [-0.05, 0) is 56.1 Å². The van der Waals surface area contributed by atoms with Crippen molar-refractivity contribution < 1.29 is 14.3 Å². The highest BCUT2D eigenvalue weighted by Gasteiger charge is 2.18. The van der Waals surface area contributed by atoms with Gasteiger partial charge < -0.3 is 20.1 Å². The average Bonchev–Trinajstić information content (AvgIpc) is 3.19. The number of hydrogen-bond donors (Lipinski definition) is 2. The summed E-state index contributed by atoms with van der Waals surface area (Å²) < 4.78 is 12.4. The maximum absolute atomic E-state index is 12.3. The van der Waals surface area contributed by atoms with E-state index >= 15 is 0 Å². The lowest BCUT2D eigenvalue weighted by molar-refractivity contribution is 0.0949. The maximum Gasteiger partial charge on any atom is 0.273 e. The van der Waals surface area contributed by atoms with Crippen molar-refractivity contribution in [2.45, 2.75) is 25.3 Å². The molecule has 1 saturated heterocycles. The number of methoxy groups -OCH3 is 2. The van der Waals surface area contributed by atoms with Crippen LogP contribution in [0.2, 0.25) is 0 Å². The first-order valence-electron chi connectivity index (χ1n) is 8.83. The van der Waals surface area contributed by atoms with Crippen LogP contribution in [-0.2, 0) is 6.42 Å². The molecule has 2 N–H and O–H groups in total. The molecule has 1 aliphatic heterocycles. The van der Waals surface area contributed by atoms with Crippen LogP contribution in [0.25, 0.3) is 0 Å². The van der Waals surface area contributed by atoms with Gasteiger partial charge in [0.25, 0.3) is 5.91 Å². The third-order valence-corrected chi connectivity index (χ3v) is 4.59. The fourth-order valence-electron chi connectivity index (χ4n) is 3.11. The van der Waals surface area contributed by atoms with Crippen molar-refractivity contribution in [3.05, 3.63) is 35.7 Å². The molecule has 1 aromatic heterocycles. The van der Waals surface area contributed by atoms with Gasteiger partial charge in [0.05, 0.1) is 26.5 Å². The topological polar surface area (TPSA) is 90.3 Å². The van der Waals surface area contributed by atoms with Gasteiger partial charge in [-0.2, -0.15) is 0 Å². The zero-order valence-electron chi connectivity index (χ0n) is 15.2. The molecule has 8 nitrogen and oxygen atoms in total. The lowest BCUT2D eigenvalue weighted by Gasteiger charge is -2.22. The number of rotatable bonds is 7. The quantitative estimate of drug-likeness (QED) is 0.772. The Hall–Kier alpha value is -2.61. The van der Waals surface area contributed by atoms with Crippen LogP contribution in [0.4, 0.5) is 0 Å². The molecule has 3 rings (SSSR count). The van der Waals surface area contributed by atoms with E-state index < -0.39 is 0 Å². The predicted octanol–water partition coefficient (Wildman–Crippen LogP) is 1.19. The Balaban J connectivity index is 1.55. The smallest absolute Gasteiger partial charge is 0.273 e. The van der Waals surface area contributed by atoms with Crippen LogP contribution in [0.1, 0.15) is 34.9 Å². The van der Waals surface area contributed by atoms with Crippen LogP contribution in [0.3, 0.4) is 0 Å². The zero-order valence-corrected chi connectivity index (χ0v) is 15.2. The number of nitrogens with zero attached hydrogens (tertiary/aromatic N) is 3. The Labute approximate surface area is 152 Å². The molecule has 0 atom stereocenters. The maximum atomic E-state index is 12.3. The Morgan fingerprint density at radius 1 is 1.31 bits per heavy atom. The average molecular weight is 359 g/mol. The van der Waals surface area contributed by atoms with Crippen LogP contribution in [-0.4, -0.2) is 54.8 Å². The Morgan fingerprint density at radius 3 is 2.85 bits per heavy atom. The molecular formula is C18H25N5O3. The predicted molar refractivity (Wildman–Crippen MR) is 96.7 cm³/mol. The Bertz CT molecular complexity index is 740. The van der Waals surface area contributed by atoms with Crippen molar-refractivity contribution in [2.24, 2.45) is 0 Å². The number of amides is 1. The second kappa shape index (κ2) is 8.66. The first-order chi connectivity index (χ1) is 12.7. The number of nitrogens with one attached hydrogen (secondary N) is 2. The van der Waals surface area contributed by atoms with Gasteiger partial charge in [0, 0.05) is 6.54 Å². The lowest BCUT2D eigenvalue weighted by Crippen LogP contribution is -2.29. The molecule has 0 saturated carbocycles. The van der Waals surface area contributed by atoms with Gasteiger partial charge in [-0.25, -0.2) is 4.68 Å². The summed E-state index contributed by atoms with van der Waals surface area (Å²) in [7, 11) is 3.25. The molecule has 0 bridgehead atoms. The van der Waals surface area contributed by atoms with Gasteiger partial charge in [0.2, 0.25) is 0 Å². The number of aromatic nitrogens is 3. The van der Waals surface area contributed by atoms with Gasteiger partial charge >= 0.3 is 0 Å². The van der Waals surface area contributed by atoms with E-state index in [-0.39, 0.29) is 5.91 Å². The van der Waals surface area contributed by atoms with E-state index in [1.165, 1.54) is 0 Å². The van der Waals surface area contributed by atoms with Crippen LogP contribution >= 0.6 is 0 Å². The molecule has 2 heterocycles. The summed E-state index contributed by atoms with van der Waals surface area (Å²) in [5.74, 6) is 1.32. The molecule has 0 aliphatic carbocycles. The fraction of sp³-hybridized carbons (Fsp3) is 0.500. The minimum atomic E-state index is -0.216. The summed E-state index contributed by atoms with van der Waals surface area (Å²) in [6, 6.07) is 5.94. The summed E-state index contributed by atoms with van der Waals surface area (Å²) in [6.07, 6.45) is 4.37. The molecule has 1 aromatic carbocycles. The molecule has 0 radical (unpaired) electrons. The van der Waals surface area contributed by atoms with E-state index in [0.717, 1.165) is 43.0 Å². The van der Waals surface area contributed by atoms with Crippen LogP contribution in [0.5, 0.6) is 11.5 Å². The lowest BCUT2D eigenvalue weighted by atomic mass is 10.1. The number of carbonyl (C=O) groups is 1. The van der Waals surface area contributed by atoms with Crippen LogP contribution < -0.4 is 20.1 Å². The van der Waals surface area contributed by atoms with Gasteiger partial charge in [-0.3, -0.25) is 4.79 Å². The van der Waals surface area contributed by atoms with Gasteiger partial charge in [0.15, 0.2) is 5.69 Å². The molecule has 1 aliphatic rings. The van der Waals surface area contributed by atoms with E-state index in [2.05, 4.69) is 20.9 Å². The summed E-state index contributed by atoms with van der Waals surface area (Å²) in [4.78, 5) is 12.3. The van der Waals surface area contributed by atoms with Crippen molar-refractivity contribution in [3.63, 3.8) is 0 Å². The number of hydrogen-bond acceptors (Lipinski definition) is 6. The number of carbonyl (C=O) groups excluding carboxylic acids is 1. The van der Waals surface area contributed by atoms with Crippen LogP contribution in [0, 0.1) is 0 Å². The molecule has 0 unspecified atom stereocenters. The van der Waals surface area contributed by atoms with Crippen molar-refractivity contribution in [3.8, 4) is 11.5 Å². The molecule has 26 heavy (non-hydrogen) atoms.